The molecule has 5 aromatic rings. The van der Waals surface area contributed by atoms with E-state index in [1.807, 2.05) is 11.5 Å². The van der Waals surface area contributed by atoms with Gasteiger partial charge in [-0.2, -0.15) is 5.21 Å². The Balaban J connectivity index is 1.56. The fraction of sp³-hybridized carbons (Fsp3) is 0.160. The minimum absolute atomic E-state index is 0.0496. The number of hydrogen-bond donors (Lipinski definition) is 2. The highest BCUT2D eigenvalue weighted by Crippen LogP contribution is 2.31. The molecule has 0 aliphatic rings. The molecule has 0 bridgehead atoms. The summed E-state index contributed by atoms with van der Waals surface area (Å²) in [6.45, 7) is 1.94. The first kappa shape index (κ1) is 27.2. The van der Waals surface area contributed by atoms with Crippen molar-refractivity contribution >= 4 is 51.8 Å². The van der Waals surface area contributed by atoms with Crippen LogP contribution in [0.15, 0.2) is 65.7 Å². The molecule has 1 atom stereocenters. The van der Waals surface area contributed by atoms with Gasteiger partial charge in [0, 0.05) is 12.6 Å². The van der Waals surface area contributed by atoms with Gasteiger partial charge in [0.05, 0.1) is 32.8 Å². The molecule has 0 fully saturated rings. The summed E-state index contributed by atoms with van der Waals surface area (Å²) in [6, 6.07) is 15.3. The Morgan fingerprint density at radius 2 is 1.70 bits per heavy atom. The number of amides is 1. The van der Waals surface area contributed by atoms with Crippen molar-refractivity contribution in [3.8, 4) is 5.75 Å². The van der Waals surface area contributed by atoms with Gasteiger partial charge in [0.1, 0.15) is 5.75 Å². The summed E-state index contributed by atoms with van der Waals surface area (Å²) in [5, 5.41) is 16.3. The maximum atomic E-state index is 12.6. The van der Waals surface area contributed by atoms with Gasteiger partial charge < -0.3 is 13.9 Å². The number of anilines is 1. The number of rotatable bonds is 6. The largest absolute Gasteiger partial charge is 0.573 e. The summed E-state index contributed by atoms with van der Waals surface area (Å²) in [5.74, 6) is -0.714. The number of benzene rings is 3. The van der Waals surface area contributed by atoms with Gasteiger partial charge in [-0.1, -0.05) is 40.4 Å². The van der Waals surface area contributed by atoms with Crippen LogP contribution in [-0.2, 0) is 7.05 Å². The minimum atomic E-state index is -4.80. The van der Waals surface area contributed by atoms with E-state index >= 15 is 0 Å². The van der Waals surface area contributed by atoms with Crippen molar-refractivity contribution in [2.45, 2.75) is 19.3 Å². The number of tetrazole rings is 1. The number of fused-ring (bicyclic) bond motifs is 1. The molecule has 15 heteroatoms. The van der Waals surface area contributed by atoms with Gasteiger partial charge in [-0.3, -0.25) is 10.1 Å². The van der Waals surface area contributed by atoms with Gasteiger partial charge in [0.15, 0.2) is 0 Å². The average molecular weight is 591 g/mol. The van der Waals surface area contributed by atoms with E-state index in [-0.39, 0.29) is 17.7 Å². The van der Waals surface area contributed by atoms with E-state index < -0.39 is 12.3 Å². The summed E-state index contributed by atoms with van der Waals surface area (Å²) in [4.78, 5) is 17.2. The first-order valence-electron chi connectivity index (χ1n) is 11.6. The second-order valence-corrected chi connectivity index (χ2v) is 9.44. The molecule has 0 aliphatic heterocycles. The van der Waals surface area contributed by atoms with Crippen LogP contribution < -0.4 is 15.7 Å². The molecule has 0 aliphatic carbocycles. The van der Waals surface area contributed by atoms with Crippen LogP contribution >= 0.6 is 23.2 Å². The summed E-state index contributed by atoms with van der Waals surface area (Å²) < 4.78 is 45.4. The first-order valence-corrected chi connectivity index (χ1v) is 12.4. The number of halogens is 5. The predicted octanol–water partition coefficient (Wildman–Crippen LogP) is 5.79. The number of aromatic nitrogens is 6. The predicted molar refractivity (Wildman–Crippen MR) is 142 cm³/mol. The van der Waals surface area contributed by atoms with Crippen molar-refractivity contribution in [1.82, 2.24) is 29.8 Å². The number of nitrogens with zero attached hydrogens (tertiary/aromatic N) is 6. The number of carbonyl (C=O) groups is 1. The summed E-state index contributed by atoms with van der Waals surface area (Å²) in [5.41, 5.74) is 3.54. The maximum Gasteiger partial charge on any atom is 0.573 e. The van der Waals surface area contributed by atoms with Crippen molar-refractivity contribution in [3.63, 3.8) is 0 Å². The molecule has 2 N–H and O–H groups in total. The first-order chi connectivity index (χ1) is 19.0. The van der Waals surface area contributed by atoms with E-state index in [9.17, 15) is 18.0 Å². The van der Waals surface area contributed by atoms with Crippen molar-refractivity contribution in [2.24, 2.45) is 12.0 Å². The third-order valence-electron chi connectivity index (χ3n) is 6.07. The van der Waals surface area contributed by atoms with Crippen molar-refractivity contribution in [2.75, 3.05) is 5.32 Å². The zero-order valence-corrected chi connectivity index (χ0v) is 22.3. The van der Waals surface area contributed by atoms with E-state index in [1.165, 1.54) is 24.3 Å². The fourth-order valence-corrected chi connectivity index (χ4v) is 4.48. The lowest BCUT2D eigenvalue weighted by Gasteiger charge is -2.16. The van der Waals surface area contributed by atoms with E-state index in [4.69, 9.17) is 28.2 Å². The van der Waals surface area contributed by atoms with Crippen LogP contribution in [0.25, 0.3) is 11.0 Å². The van der Waals surface area contributed by atoms with Gasteiger partial charge in [-0.15, -0.1) is 18.3 Å². The minimum Gasteiger partial charge on any atom is -0.406 e. The molecule has 10 nitrogen and oxygen atoms in total. The van der Waals surface area contributed by atoms with Gasteiger partial charge in [-0.05, 0) is 66.2 Å². The standard InChI is InChI=1S/C25H19Cl2F3N8O2/c1-13(14-3-5-15(6-4-14)22(39)32-23-33-35-36-34-23)38-21-12-19(27)18(26)11-20(21)37(2)24(38)31-16-7-9-17(10-8-16)40-25(28,29)30/h3-13H,1-2H3,(H2,32,33,34,35,36,39). The van der Waals surface area contributed by atoms with E-state index in [0.29, 0.717) is 26.9 Å². The SMILES string of the molecule is CC(c1ccc(C(=O)Nc2nn[nH]n2)cc1)n1c(=Nc2ccc(OC(F)(F)F)cc2)n(C)c2cc(Cl)c(Cl)cc21. The molecule has 2 aromatic heterocycles. The summed E-state index contributed by atoms with van der Waals surface area (Å²) in [7, 11) is 1.79. The molecule has 0 spiro atoms. The van der Waals surface area contributed by atoms with Crippen LogP contribution in [0.4, 0.5) is 24.8 Å². The molecule has 0 saturated heterocycles. The van der Waals surface area contributed by atoms with Crippen molar-refractivity contribution in [3.05, 3.63) is 87.5 Å². The molecule has 206 valence electrons. The Kier molecular flexibility index (Phi) is 7.25. The zero-order chi connectivity index (χ0) is 28.6. The number of alkyl halides is 3. The topological polar surface area (TPSA) is 115 Å². The molecule has 1 amide bonds. The lowest BCUT2D eigenvalue weighted by Crippen LogP contribution is -2.27. The fourth-order valence-electron chi connectivity index (χ4n) is 4.16. The molecule has 1 unspecified atom stereocenters. The second kappa shape index (κ2) is 10.7. The molecule has 0 saturated carbocycles. The molecule has 5 rings (SSSR count). The normalized spacial score (nSPS) is 13.0. The van der Waals surface area contributed by atoms with Crippen LogP contribution in [0.1, 0.15) is 28.9 Å². The number of imidazole rings is 1. The molecular formula is C25H19Cl2F3N8O2. The number of ether oxygens (including phenoxy) is 1. The lowest BCUT2D eigenvalue weighted by atomic mass is 10.1. The Labute approximate surface area is 234 Å². The van der Waals surface area contributed by atoms with Gasteiger partial charge in [0.25, 0.3) is 11.9 Å². The Morgan fingerprint density at radius 3 is 2.30 bits per heavy atom. The molecule has 2 heterocycles. The van der Waals surface area contributed by atoms with Gasteiger partial charge in [-0.25, -0.2) is 4.99 Å². The third kappa shape index (κ3) is 5.65. The molecule has 3 aromatic carbocycles. The Morgan fingerprint density at radius 1 is 1.05 bits per heavy atom. The molecule has 40 heavy (non-hydrogen) atoms. The third-order valence-corrected chi connectivity index (χ3v) is 6.79. The highest BCUT2D eigenvalue weighted by atomic mass is 35.5. The van der Waals surface area contributed by atoms with Gasteiger partial charge in [0.2, 0.25) is 5.62 Å². The smallest absolute Gasteiger partial charge is 0.406 e. The Bertz CT molecular complexity index is 1750. The lowest BCUT2D eigenvalue weighted by molar-refractivity contribution is -0.274. The summed E-state index contributed by atoms with van der Waals surface area (Å²) in [6.07, 6.45) is -4.80. The summed E-state index contributed by atoms with van der Waals surface area (Å²) >= 11 is 12.7. The highest BCUT2D eigenvalue weighted by Gasteiger charge is 2.31. The average Bonchev–Trinajstić information content (AvgIpc) is 3.51. The number of aryl methyl sites for hydroxylation is 1. The Hall–Kier alpha value is -4.36. The number of H-pyrrole nitrogens is 1. The molecular weight excluding hydrogens is 572 g/mol. The molecule has 0 radical (unpaired) electrons. The van der Waals surface area contributed by atoms with E-state index in [1.54, 1.807) is 48.0 Å². The highest BCUT2D eigenvalue weighted by molar-refractivity contribution is 6.42. The number of aromatic amines is 1. The van der Waals surface area contributed by atoms with Crippen LogP contribution in [0, 0.1) is 0 Å². The quantitative estimate of drug-likeness (QED) is 0.259. The maximum absolute atomic E-state index is 12.6. The zero-order valence-electron chi connectivity index (χ0n) is 20.7. The monoisotopic (exact) mass is 590 g/mol. The second-order valence-electron chi connectivity index (χ2n) is 8.63. The van der Waals surface area contributed by atoms with Crippen LogP contribution in [-0.4, -0.2) is 42.0 Å². The van der Waals surface area contributed by atoms with E-state index in [2.05, 4.69) is 30.7 Å². The van der Waals surface area contributed by atoms with Crippen molar-refractivity contribution in [1.29, 1.82) is 0 Å². The van der Waals surface area contributed by atoms with E-state index in [0.717, 1.165) is 16.6 Å². The van der Waals surface area contributed by atoms with Crippen LogP contribution in [0.5, 0.6) is 5.75 Å². The number of hydrogen-bond acceptors (Lipinski definition) is 6. The number of nitrogens with one attached hydrogen (secondary N) is 2. The van der Waals surface area contributed by atoms with Crippen LogP contribution in [0.2, 0.25) is 10.0 Å². The number of carbonyl (C=O) groups excluding carboxylic acids is 1. The van der Waals surface area contributed by atoms with Gasteiger partial charge >= 0.3 is 6.36 Å². The van der Waals surface area contributed by atoms with Crippen molar-refractivity contribution < 1.29 is 22.7 Å². The van der Waals surface area contributed by atoms with Crippen LogP contribution in [0.3, 0.4) is 0 Å².